The number of hydrogen-bond donors (Lipinski definition) is 3. The molecule has 0 spiro atoms. The van der Waals surface area contributed by atoms with Gasteiger partial charge in [0.1, 0.15) is 5.75 Å². The van der Waals surface area contributed by atoms with Crippen LogP contribution < -0.4 is 20.9 Å². The van der Waals surface area contributed by atoms with Crippen molar-refractivity contribution in [3.63, 3.8) is 0 Å². The van der Waals surface area contributed by atoms with E-state index in [2.05, 4.69) is 16.2 Å². The quantitative estimate of drug-likeness (QED) is 0.516. The van der Waals surface area contributed by atoms with Crippen LogP contribution in [0.25, 0.3) is 0 Å². The van der Waals surface area contributed by atoms with Crippen LogP contribution in [0, 0.1) is 5.92 Å². The van der Waals surface area contributed by atoms with E-state index in [9.17, 15) is 9.59 Å². The summed E-state index contributed by atoms with van der Waals surface area (Å²) < 4.78 is 5.50. The maximum atomic E-state index is 12.1. The van der Waals surface area contributed by atoms with E-state index in [0.717, 1.165) is 32.1 Å². The van der Waals surface area contributed by atoms with Gasteiger partial charge in [0, 0.05) is 10.9 Å². The first kappa shape index (κ1) is 20.7. The number of amides is 2. The predicted molar refractivity (Wildman–Crippen MR) is 105 cm³/mol. The van der Waals surface area contributed by atoms with Gasteiger partial charge in [-0.2, -0.15) is 0 Å². The molecule has 1 aliphatic rings. The molecule has 0 saturated heterocycles. The first-order valence-electron chi connectivity index (χ1n) is 8.39. The largest absolute Gasteiger partial charge is 0.479 e. The first-order chi connectivity index (χ1) is 12.4. The van der Waals surface area contributed by atoms with Gasteiger partial charge in [-0.1, -0.05) is 42.5 Å². The number of hydrazine groups is 1. The molecule has 26 heavy (non-hydrogen) atoms. The summed E-state index contributed by atoms with van der Waals surface area (Å²) in [6.45, 7) is 1.56. The van der Waals surface area contributed by atoms with Crippen LogP contribution in [0.1, 0.15) is 39.0 Å². The van der Waals surface area contributed by atoms with Crippen molar-refractivity contribution in [1.82, 2.24) is 16.2 Å². The molecule has 0 heterocycles. The Morgan fingerprint density at radius 3 is 2.54 bits per heavy atom. The molecule has 1 saturated carbocycles. The van der Waals surface area contributed by atoms with Gasteiger partial charge in [0.15, 0.2) is 11.2 Å². The van der Waals surface area contributed by atoms with Gasteiger partial charge < -0.3 is 10.1 Å². The smallest absolute Gasteiger partial charge is 0.279 e. The molecular weight excluding hydrogens is 397 g/mol. The highest BCUT2D eigenvalue weighted by Gasteiger charge is 2.22. The average molecular weight is 418 g/mol. The summed E-state index contributed by atoms with van der Waals surface area (Å²) in [5, 5.41) is 3.42. The molecule has 1 unspecified atom stereocenters. The highest BCUT2D eigenvalue weighted by molar-refractivity contribution is 7.80. The van der Waals surface area contributed by atoms with E-state index in [0.29, 0.717) is 15.8 Å². The number of hydrogen-bond acceptors (Lipinski definition) is 4. The van der Waals surface area contributed by atoms with E-state index in [1.807, 2.05) is 0 Å². The number of benzene rings is 1. The number of halogens is 2. The second kappa shape index (κ2) is 9.94. The molecule has 6 nitrogen and oxygen atoms in total. The van der Waals surface area contributed by atoms with E-state index >= 15 is 0 Å². The number of thiocarbonyl (C=S) groups is 1. The zero-order valence-electron chi connectivity index (χ0n) is 14.3. The second-order valence-electron chi connectivity index (χ2n) is 6.10. The predicted octanol–water partition coefficient (Wildman–Crippen LogP) is 3.36. The number of carbonyl (C=O) groups excluding carboxylic acids is 2. The van der Waals surface area contributed by atoms with Crippen molar-refractivity contribution in [3.05, 3.63) is 28.2 Å². The third-order valence-corrected chi connectivity index (χ3v) is 4.81. The Morgan fingerprint density at radius 2 is 1.88 bits per heavy atom. The van der Waals surface area contributed by atoms with Gasteiger partial charge in [-0.25, -0.2) is 0 Å². The fraction of sp³-hybridized carbons (Fsp3) is 0.471. The normalized spacial score (nSPS) is 15.7. The third-order valence-electron chi connectivity index (χ3n) is 4.08. The van der Waals surface area contributed by atoms with Gasteiger partial charge >= 0.3 is 0 Å². The van der Waals surface area contributed by atoms with Crippen LogP contribution in [0.3, 0.4) is 0 Å². The van der Waals surface area contributed by atoms with Gasteiger partial charge in [-0.05, 0) is 50.2 Å². The van der Waals surface area contributed by atoms with Gasteiger partial charge in [0.05, 0.1) is 5.02 Å². The van der Waals surface area contributed by atoms with Crippen molar-refractivity contribution >= 4 is 52.3 Å². The molecular formula is C17H21Cl2N3O3S. The van der Waals surface area contributed by atoms with Crippen LogP contribution in [0.15, 0.2) is 18.2 Å². The Hall–Kier alpha value is -1.57. The van der Waals surface area contributed by atoms with Crippen LogP contribution in [-0.2, 0) is 9.59 Å². The van der Waals surface area contributed by atoms with Crippen LogP contribution in [-0.4, -0.2) is 23.0 Å². The van der Waals surface area contributed by atoms with Crippen molar-refractivity contribution in [2.75, 3.05) is 0 Å². The standard InChI is InChI=1S/C17H21Cl2N3O3S/c1-10(25-14-8-7-12(18)9-13(14)19)15(23)21-22-17(26)20-16(24)11-5-3-2-4-6-11/h7-11H,2-6H2,1H3,(H,21,23)(H2,20,22,24,26). The Morgan fingerprint density at radius 1 is 1.19 bits per heavy atom. The van der Waals surface area contributed by atoms with Crippen LogP contribution in [0.2, 0.25) is 10.0 Å². The molecule has 2 rings (SSSR count). The molecule has 9 heteroatoms. The van der Waals surface area contributed by atoms with Gasteiger partial charge in [-0.3, -0.25) is 20.4 Å². The van der Waals surface area contributed by atoms with Gasteiger partial charge in [0.2, 0.25) is 5.91 Å². The third kappa shape index (κ3) is 6.30. The van der Waals surface area contributed by atoms with E-state index < -0.39 is 12.0 Å². The lowest BCUT2D eigenvalue weighted by Gasteiger charge is -2.21. The molecule has 2 amide bonds. The maximum absolute atomic E-state index is 12.1. The topological polar surface area (TPSA) is 79.5 Å². The van der Waals surface area contributed by atoms with E-state index in [1.54, 1.807) is 19.1 Å². The first-order valence-corrected chi connectivity index (χ1v) is 9.55. The van der Waals surface area contributed by atoms with Crippen molar-refractivity contribution < 1.29 is 14.3 Å². The number of nitrogens with one attached hydrogen (secondary N) is 3. The average Bonchev–Trinajstić information content (AvgIpc) is 2.62. The number of carbonyl (C=O) groups is 2. The van der Waals surface area contributed by atoms with Gasteiger partial charge in [0.25, 0.3) is 5.91 Å². The summed E-state index contributed by atoms with van der Waals surface area (Å²) in [7, 11) is 0. The Balaban J connectivity index is 1.76. The van der Waals surface area contributed by atoms with E-state index in [4.69, 9.17) is 40.2 Å². The summed E-state index contributed by atoms with van der Waals surface area (Å²) in [6, 6.07) is 4.72. The van der Waals surface area contributed by atoms with E-state index in [1.165, 1.54) is 6.07 Å². The summed E-state index contributed by atoms with van der Waals surface area (Å²) >= 11 is 16.9. The number of rotatable bonds is 4. The second-order valence-corrected chi connectivity index (χ2v) is 7.35. The minimum atomic E-state index is -0.835. The molecule has 142 valence electrons. The summed E-state index contributed by atoms with van der Waals surface area (Å²) in [6.07, 6.45) is 4.17. The van der Waals surface area contributed by atoms with Crippen LogP contribution >= 0.6 is 35.4 Å². The maximum Gasteiger partial charge on any atom is 0.279 e. The van der Waals surface area contributed by atoms with Crippen molar-refractivity contribution in [3.8, 4) is 5.75 Å². The Labute approximate surface area is 167 Å². The highest BCUT2D eigenvalue weighted by atomic mass is 35.5. The molecule has 0 aliphatic heterocycles. The molecule has 1 atom stereocenters. The molecule has 0 bridgehead atoms. The van der Waals surface area contributed by atoms with Crippen molar-refractivity contribution in [1.29, 1.82) is 0 Å². The highest BCUT2D eigenvalue weighted by Crippen LogP contribution is 2.28. The Bertz CT molecular complexity index is 681. The number of ether oxygens (including phenoxy) is 1. The molecule has 1 aliphatic carbocycles. The monoisotopic (exact) mass is 417 g/mol. The molecule has 3 N–H and O–H groups in total. The molecule has 1 aromatic rings. The molecule has 1 fully saturated rings. The fourth-order valence-electron chi connectivity index (χ4n) is 2.64. The summed E-state index contributed by atoms with van der Waals surface area (Å²) in [5.74, 6) is -0.264. The van der Waals surface area contributed by atoms with Crippen molar-refractivity contribution in [2.45, 2.75) is 45.1 Å². The van der Waals surface area contributed by atoms with Crippen LogP contribution in [0.4, 0.5) is 0 Å². The van der Waals surface area contributed by atoms with E-state index in [-0.39, 0.29) is 16.9 Å². The lowest BCUT2D eigenvalue weighted by Crippen LogP contribution is -2.52. The van der Waals surface area contributed by atoms with Gasteiger partial charge in [-0.15, -0.1) is 0 Å². The SMILES string of the molecule is CC(Oc1ccc(Cl)cc1Cl)C(=O)NNC(=S)NC(=O)C1CCCCC1. The molecule has 0 radical (unpaired) electrons. The minimum Gasteiger partial charge on any atom is -0.479 e. The molecule has 1 aromatic carbocycles. The zero-order chi connectivity index (χ0) is 19.1. The lowest BCUT2D eigenvalue weighted by molar-refractivity contribution is -0.128. The zero-order valence-corrected chi connectivity index (χ0v) is 16.6. The lowest BCUT2D eigenvalue weighted by atomic mass is 9.89. The summed E-state index contributed by atoms with van der Waals surface area (Å²) in [4.78, 5) is 24.2. The molecule has 0 aromatic heterocycles. The summed E-state index contributed by atoms with van der Waals surface area (Å²) in [5.41, 5.74) is 4.91. The minimum absolute atomic E-state index is 0.0199. The Kier molecular flexibility index (Phi) is 7.93. The van der Waals surface area contributed by atoms with Crippen molar-refractivity contribution in [2.24, 2.45) is 5.92 Å². The fourth-order valence-corrected chi connectivity index (χ4v) is 3.25. The van der Waals surface area contributed by atoms with Crippen LogP contribution in [0.5, 0.6) is 5.75 Å².